The molecule has 0 radical (unpaired) electrons. The number of carbonyl (C=O) groups excluding carboxylic acids is 3. The molecule has 1 fully saturated rings. The number of methoxy groups -OCH3 is 1. The molecule has 0 bridgehead atoms. The first-order valence-electron chi connectivity index (χ1n) is 8.66. The summed E-state index contributed by atoms with van der Waals surface area (Å²) < 4.78 is 12.1. The minimum absolute atomic E-state index is 0.0714. The van der Waals surface area contributed by atoms with E-state index in [9.17, 15) is 14.4 Å². The van der Waals surface area contributed by atoms with Crippen molar-refractivity contribution >= 4 is 92.4 Å². The number of nitrogens with zero attached hydrogens (tertiary/aromatic N) is 1. The summed E-state index contributed by atoms with van der Waals surface area (Å²) in [6, 6.07) is 8.16. The number of ether oxygens (including phenoxy) is 2. The zero-order valence-corrected chi connectivity index (χ0v) is 21.7. The number of rotatable bonds is 6. The number of carbonyl (C=O) groups is 3. The minimum atomic E-state index is -0.684. The maximum Gasteiger partial charge on any atom is 0.329 e. The van der Waals surface area contributed by atoms with E-state index in [0.717, 1.165) is 17.6 Å². The average Bonchev–Trinajstić information content (AvgIpc) is 2.96. The molecule has 2 aromatic rings. The number of halogens is 4. The Bertz CT molecular complexity index is 1080. The predicted octanol–water partition coefficient (Wildman–Crippen LogP) is 4.85. The molecule has 0 atom stereocenters. The molecule has 1 N–H and O–H groups in total. The minimum Gasteiger partial charge on any atom is -0.487 e. The van der Waals surface area contributed by atoms with E-state index in [0.29, 0.717) is 21.4 Å². The fourth-order valence-electron chi connectivity index (χ4n) is 2.66. The van der Waals surface area contributed by atoms with Crippen LogP contribution in [0, 0.1) is 7.14 Å². The van der Waals surface area contributed by atoms with Gasteiger partial charge in [0.25, 0.3) is 5.91 Å². The van der Waals surface area contributed by atoms with Crippen LogP contribution in [0.2, 0.25) is 10.0 Å². The number of hydrogen-bond donors (Lipinski definition) is 1. The zero-order valence-electron chi connectivity index (χ0n) is 15.9. The van der Waals surface area contributed by atoms with Crippen LogP contribution in [-0.4, -0.2) is 36.5 Å². The lowest BCUT2D eigenvalue weighted by Crippen LogP contribution is -2.36. The Balaban J connectivity index is 1.78. The quantitative estimate of drug-likeness (QED) is 0.204. The van der Waals surface area contributed by atoms with Crippen molar-refractivity contribution in [2.75, 3.05) is 13.7 Å². The van der Waals surface area contributed by atoms with Crippen LogP contribution in [-0.2, 0) is 20.9 Å². The number of benzene rings is 2. The molecule has 1 heterocycles. The lowest BCUT2D eigenvalue weighted by Gasteiger charge is -2.13. The second-order valence-corrected chi connectivity index (χ2v) is 9.46. The molecule has 0 aliphatic carbocycles. The average molecular weight is 687 g/mol. The Morgan fingerprint density at radius 1 is 1.16 bits per heavy atom. The second kappa shape index (κ2) is 10.4. The summed E-state index contributed by atoms with van der Waals surface area (Å²) in [5.41, 5.74) is 1.56. The second-order valence-electron chi connectivity index (χ2n) is 6.29. The van der Waals surface area contributed by atoms with E-state index >= 15 is 0 Å². The summed E-state index contributed by atoms with van der Waals surface area (Å²) in [4.78, 5) is 36.6. The van der Waals surface area contributed by atoms with Crippen molar-refractivity contribution in [1.29, 1.82) is 0 Å². The Kier molecular flexibility index (Phi) is 8.05. The summed E-state index contributed by atoms with van der Waals surface area (Å²) in [5, 5.41) is 3.54. The van der Waals surface area contributed by atoms with Crippen LogP contribution in [0.4, 0.5) is 4.79 Å². The van der Waals surface area contributed by atoms with Gasteiger partial charge in [0, 0.05) is 15.6 Å². The molecule has 0 aromatic heterocycles. The van der Waals surface area contributed by atoms with Crippen molar-refractivity contribution in [2.45, 2.75) is 6.61 Å². The molecule has 1 aliphatic heterocycles. The highest BCUT2D eigenvalue weighted by Crippen LogP contribution is 2.31. The van der Waals surface area contributed by atoms with Gasteiger partial charge in [0.05, 0.1) is 14.3 Å². The summed E-state index contributed by atoms with van der Waals surface area (Å²) in [6.45, 7) is -0.187. The molecule has 1 saturated heterocycles. The predicted molar refractivity (Wildman–Crippen MR) is 133 cm³/mol. The third-order valence-corrected chi connectivity index (χ3v) is 6.39. The van der Waals surface area contributed by atoms with Gasteiger partial charge in [0.1, 0.15) is 24.6 Å². The fourth-order valence-corrected chi connectivity index (χ4v) is 5.26. The fraction of sp³-hybridized carbons (Fsp3) is 0.150. The van der Waals surface area contributed by atoms with E-state index in [1.54, 1.807) is 24.3 Å². The number of nitrogens with one attached hydrogen (secondary N) is 1. The van der Waals surface area contributed by atoms with Gasteiger partial charge in [-0.2, -0.15) is 0 Å². The number of esters is 1. The number of hydrogen-bond acceptors (Lipinski definition) is 5. The Hall–Kier alpha value is -1.57. The number of amides is 3. The van der Waals surface area contributed by atoms with Crippen molar-refractivity contribution in [2.24, 2.45) is 0 Å². The van der Waals surface area contributed by atoms with Crippen LogP contribution < -0.4 is 10.1 Å². The first-order valence-corrected chi connectivity index (χ1v) is 11.6. The van der Waals surface area contributed by atoms with E-state index in [2.05, 4.69) is 55.2 Å². The highest BCUT2D eigenvalue weighted by molar-refractivity contribution is 14.1. The van der Waals surface area contributed by atoms with Crippen molar-refractivity contribution in [1.82, 2.24) is 10.2 Å². The van der Waals surface area contributed by atoms with Crippen molar-refractivity contribution < 1.29 is 23.9 Å². The molecule has 0 unspecified atom stereocenters. The Morgan fingerprint density at radius 3 is 2.45 bits per heavy atom. The molecule has 31 heavy (non-hydrogen) atoms. The topological polar surface area (TPSA) is 84.9 Å². The van der Waals surface area contributed by atoms with E-state index in [-0.39, 0.29) is 12.3 Å². The first kappa shape index (κ1) is 24.1. The van der Waals surface area contributed by atoms with Crippen LogP contribution in [0.5, 0.6) is 5.75 Å². The van der Waals surface area contributed by atoms with E-state index in [1.165, 1.54) is 7.11 Å². The molecule has 2 aromatic carbocycles. The molecule has 7 nitrogen and oxygen atoms in total. The van der Waals surface area contributed by atoms with Gasteiger partial charge in [0.2, 0.25) is 0 Å². The molecule has 3 rings (SSSR count). The molecule has 11 heteroatoms. The smallest absolute Gasteiger partial charge is 0.329 e. The molecule has 0 saturated carbocycles. The molecular weight excluding hydrogens is 673 g/mol. The van der Waals surface area contributed by atoms with Gasteiger partial charge in [-0.25, -0.2) is 9.69 Å². The lowest BCUT2D eigenvalue weighted by molar-refractivity contribution is -0.143. The third-order valence-electron chi connectivity index (χ3n) is 4.20. The molecule has 3 amide bonds. The normalized spacial score (nSPS) is 14.7. The summed E-state index contributed by atoms with van der Waals surface area (Å²) in [6.07, 6.45) is 1.54. The van der Waals surface area contributed by atoms with Gasteiger partial charge in [-0.05, 0) is 81.1 Å². The molecule has 1 aliphatic rings. The van der Waals surface area contributed by atoms with Crippen LogP contribution in [0.15, 0.2) is 36.0 Å². The maximum absolute atomic E-state index is 12.4. The van der Waals surface area contributed by atoms with Crippen LogP contribution >= 0.6 is 68.4 Å². The van der Waals surface area contributed by atoms with E-state index < -0.39 is 24.5 Å². The van der Waals surface area contributed by atoms with Crippen LogP contribution in [0.3, 0.4) is 0 Å². The van der Waals surface area contributed by atoms with Crippen LogP contribution in [0.1, 0.15) is 11.1 Å². The standard InChI is InChI=1S/C20H14Cl2I2N2O5/c1-30-17(27)8-26-19(28)16(25-20(26)29)6-10-4-14(23)18(15(24)5-10)31-9-11-2-3-12(21)7-13(11)22/h2-7H,8-9H2,1H3,(H,25,29)/b16-6+. The maximum atomic E-state index is 12.4. The zero-order chi connectivity index (χ0) is 22.7. The van der Waals surface area contributed by atoms with E-state index in [4.69, 9.17) is 27.9 Å². The number of urea groups is 1. The highest BCUT2D eigenvalue weighted by atomic mass is 127. The van der Waals surface area contributed by atoms with Crippen LogP contribution in [0.25, 0.3) is 6.08 Å². The van der Waals surface area contributed by atoms with Crippen molar-refractivity contribution in [3.8, 4) is 5.75 Å². The van der Waals surface area contributed by atoms with E-state index in [1.807, 2.05) is 12.1 Å². The largest absolute Gasteiger partial charge is 0.487 e. The summed E-state index contributed by atoms with van der Waals surface area (Å²) >= 11 is 16.4. The lowest BCUT2D eigenvalue weighted by atomic mass is 10.2. The third kappa shape index (κ3) is 5.82. The van der Waals surface area contributed by atoms with Gasteiger partial charge in [0.15, 0.2) is 0 Å². The highest BCUT2D eigenvalue weighted by Gasteiger charge is 2.35. The Labute approximate surface area is 215 Å². The monoisotopic (exact) mass is 686 g/mol. The van der Waals surface area contributed by atoms with Gasteiger partial charge in [-0.15, -0.1) is 0 Å². The van der Waals surface area contributed by atoms with Gasteiger partial charge in [-0.3, -0.25) is 9.59 Å². The molecular formula is C20H14Cl2I2N2O5. The number of imide groups is 1. The Morgan fingerprint density at radius 2 is 1.84 bits per heavy atom. The van der Waals surface area contributed by atoms with Crippen molar-refractivity contribution in [3.63, 3.8) is 0 Å². The van der Waals surface area contributed by atoms with Crippen molar-refractivity contribution in [3.05, 3.63) is 64.3 Å². The van der Waals surface area contributed by atoms with Gasteiger partial charge >= 0.3 is 12.0 Å². The molecule has 0 spiro atoms. The summed E-state index contributed by atoms with van der Waals surface area (Å²) in [7, 11) is 1.19. The van der Waals surface area contributed by atoms with Gasteiger partial charge < -0.3 is 14.8 Å². The summed E-state index contributed by atoms with van der Waals surface area (Å²) in [5.74, 6) is -0.613. The molecule has 162 valence electrons. The van der Waals surface area contributed by atoms with Gasteiger partial charge in [-0.1, -0.05) is 29.3 Å². The SMILES string of the molecule is COC(=O)CN1C(=O)N/C(=C/c2cc(I)c(OCc3ccc(Cl)cc3Cl)c(I)c2)C1=O. The first-order chi connectivity index (χ1) is 14.7.